The van der Waals surface area contributed by atoms with Crippen LogP contribution >= 0.6 is 0 Å². The van der Waals surface area contributed by atoms with Crippen molar-refractivity contribution in [3.8, 4) is 0 Å². The SMILES string of the molecule is COCCC(C)N1C(=O)C(C2CC2)NC(=O)C1C1CC1. The van der Waals surface area contributed by atoms with Crippen LogP contribution in [0.4, 0.5) is 0 Å². The highest BCUT2D eigenvalue weighted by Gasteiger charge is 2.52. The summed E-state index contributed by atoms with van der Waals surface area (Å²) in [4.78, 5) is 27.1. The summed E-state index contributed by atoms with van der Waals surface area (Å²) in [6, 6.07) is -0.452. The monoisotopic (exact) mass is 280 g/mol. The van der Waals surface area contributed by atoms with Gasteiger partial charge >= 0.3 is 0 Å². The second-order valence-corrected chi connectivity index (χ2v) is 6.48. The molecule has 112 valence electrons. The minimum Gasteiger partial charge on any atom is -0.385 e. The molecule has 0 aromatic heterocycles. The van der Waals surface area contributed by atoms with E-state index < -0.39 is 0 Å². The van der Waals surface area contributed by atoms with Crippen LogP contribution in [0.15, 0.2) is 0 Å². The van der Waals surface area contributed by atoms with Gasteiger partial charge in [-0.05, 0) is 50.9 Å². The lowest BCUT2D eigenvalue weighted by Crippen LogP contribution is -2.66. The zero-order valence-corrected chi connectivity index (χ0v) is 12.3. The average Bonchev–Trinajstić information content (AvgIpc) is 3.28. The lowest BCUT2D eigenvalue weighted by atomic mass is 9.97. The van der Waals surface area contributed by atoms with Gasteiger partial charge in [0.2, 0.25) is 11.8 Å². The summed E-state index contributed by atoms with van der Waals surface area (Å²) in [5, 5.41) is 2.98. The van der Waals surface area contributed by atoms with Crippen LogP contribution in [0.1, 0.15) is 39.0 Å². The number of hydrogen-bond acceptors (Lipinski definition) is 3. The molecule has 0 radical (unpaired) electrons. The Balaban J connectivity index is 1.78. The molecule has 2 saturated carbocycles. The van der Waals surface area contributed by atoms with Crippen LogP contribution in [0.3, 0.4) is 0 Å². The number of hydrogen-bond donors (Lipinski definition) is 1. The minimum absolute atomic E-state index is 0.0632. The molecule has 1 heterocycles. The van der Waals surface area contributed by atoms with Gasteiger partial charge in [-0.3, -0.25) is 9.59 Å². The van der Waals surface area contributed by atoms with Gasteiger partial charge in [0.25, 0.3) is 0 Å². The predicted molar refractivity (Wildman–Crippen MR) is 74.0 cm³/mol. The van der Waals surface area contributed by atoms with Crippen molar-refractivity contribution in [2.75, 3.05) is 13.7 Å². The fourth-order valence-corrected chi connectivity index (χ4v) is 3.25. The highest BCUT2D eigenvalue weighted by Crippen LogP contribution is 2.41. The van der Waals surface area contributed by atoms with E-state index in [1.807, 2.05) is 11.8 Å². The van der Waals surface area contributed by atoms with Crippen LogP contribution in [0, 0.1) is 11.8 Å². The predicted octanol–water partition coefficient (Wildman–Crippen LogP) is 0.927. The van der Waals surface area contributed by atoms with E-state index in [0.29, 0.717) is 18.4 Å². The Bertz CT molecular complexity index is 404. The van der Waals surface area contributed by atoms with Crippen molar-refractivity contribution in [1.29, 1.82) is 0 Å². The molecule has 3 atom stereocenters. The van der Waals surface area contributed by atoms with Crippen LogP contribution in [-0.2, 0) is 14.3 Å². The number of methoxy groups -OCH3 is 1. The zero-order chi connectivity index (χ0) is 14.3. The first-order valence-electron chi connectivity index (χ1n) is 7.75. The number of rotatable bonds is 6. The summed E-state index contributed by atoms with van der Waals surface area (Å²) < 4.78 is 5.12. The first-order chi connectivity index (χ1) is 9.63. The smallest absolute Gasteiger partial charge is 0.246 e. The quantitative estimate of drug-likeness (QED) is 0.787. The molecule has 5 nitrogen and oxygen atoms in total. The molecule has 0 aromatic rings. The lowest BCUT2D eigenvalue weighted by molar-refractivity contribution is -0.153. The van der Waals surface area contributed by atoms with E-state index >= 15 is 0 Å². The Kier molecular flexibility index (Phi) is 3.71. The van der Waals surface area contributed by atoms with E-state index in [-0.39, 0.29) is 29.9 Å². The van der Waals surface area contributed by atoms with Crippen molar-refractivity contribution < 1.29 is 14.3 Å². The third-order valence-corrected chi connectivity index (χ3v) is 4.76. The number of piperazine rings is 1. The third-order valence-electron chi connectivity index (χ3n) is 4.76. The molecule has 3 aliphatic rings. The highest BCUT2D eigenvalue weighted by molar-refractivity contribution is 5.98. The molecule has 1 saturated heterocycles. The van der Waals surface area contributed by atoms with Crippen LogP contribution in [0.2, 0.25) is 0 Å². The van der Waals surface area contributed by atoms with Crippen molar-refractivity contribution in [3.63, 3.8) is 0 Å². The number of amides is 2. The summed E-state index contributed by atoms with van der Waals surface area (Å²) in [6.07, 6.45) is 5.03. The van der Waals surface area contributed by atoms with Crippen LogP contribution in [0.5, 0.6) is 0 Å². The molecule has 3 fully saturated rings. The van der Waals surface area contributed by atoms with Gasteiger partial charge < -0.3 is 15.0 Å². The summed E-state index contributed by atoms with van der Waals surface area (Å²) in [5.41, 5.74) is 0. The Labute approximate surface area is 120 Å². The van der Waals surface area contributed by atoms with Gasteiger partial charge in [0.05, 0.1) is 0 Å². The van der Waals surface area contributed by atoms with E-state index in [1.165, 1.54) is 0 Å². The molecule has 0 aromatic carbocycles. The largest absolute Gasteiger partial charge is 0.385 e. The van der Waals surface area contributed by atoms with Gasteiger partial charge in [-0.1, -0.05) is 0 Å². The van der Waals surface area contributed by atoms with Crippen LogP contribution < -0.4 is 5.32 Å². The van der Waals surface area contributed by atoms with Gasteiger partial charge in [-0.15, -0.1) is 0 Å². The second-order valence-electron chi connectivity index (χ2n) is 6.48. The summed E-state index contributed by atoms with van der Waals surface area (Å²) in [7, 11) is 1.67. The number of nitrogens with zero attached hydrogens (tertiary/aromatic N) is 1. The average molecular weight is 280 g/mol. The number of carbonyl (C=O) groups is 2. The zero-order valence-electron chi connectivity index (χ0n) is 12.3. The maximum Gasteiger partial charge on any atom is 0.246 e. The van der Waals surface area contributed by atoms with Gasteiger partial charge in [-0.25, -0.2) is 0 Å². The van der Waals surface area contributed by atoms with E-state index in [0.717, 1.165) is 32.1 Å². The van der Waals surface area contributed by atoms with Gasteiger partial charge in [0, 0.05) is 19.8 Å². The Morgan fingerprint density at radius 2 is 1.90 bits per heavy atom. The topological polar surface area (TPSA) is 58.6 Å². The minimum atomic E-state index is -0.275. The first kappa shape index (κ1) is 13.9. The third kappa shape index (κ3) is 2.55. The molecule has 2 aliphatic carbocycles. The maximum absolute atomic E-state index is 12.8. The maximum atomic E-state index is 12.8. The van der Waals surface area contributed by atoms with Crippen molar-refractivity contribution in [2.45, 2.75) is 57.2 Å². The molecule has 3 unspecified atom stereocenters. The van der Waals surface area contributed by atoms with E-state index in [1.54, 1.807) is 7.11 Å². The van der Waals surface area contributed by atoms with Gasteiger partial charge in [-0.2, -0.15) is 0 Å². The molecule has 5 heteroatoms. The number of carbonyl (C=O) groups excluding carboxylic acids is 2. The summed E-state index contributed by atoms with van der Waals surface area (Å²) >= 11 is 0. The van der Waals surface area contributed by atoms with Crippen molar-refractivity contribution >= 4 is 11.8 Å². The summed E-state index contributed by atoms with van der Waals surface area (Å²) in [5.74, 6) is 0.925. The van der Waals surface area contributed by atoms with Crippen molar-refractivity contribution in [3.05, 3.63) is 0 Å². The Hall–Kier alpha value is -1.10. The van der Waals surface area contributed by atoms with Crippen LogP contribution in [-0.4, -0.2) is 48.6 Å². The molecule has 1 aliphatic heterocycles. The molecule has 3 rings (SSSR count). The molecule has 0 bridgehead atoms. The standard InChI is InChI=1S/C15H24N2O3/c1-9(7-8-20-2)17-13(11-5-6-11)14(18)16-12(15(17)19)10-3-4-10/h9-13H,3-8H2,1-2H3,(H,16,18). The normalized spacial score (nSPS) is 32.2. The van der Waals surface area contributed by atoms with Crippen molar-refractivity contribution in [1.82, 2.24) is 10.2 Å². The number of ether oxygens (including phenoxy) is 1. The first-order valence-corrected chi connectivity index (χ1v) is 7.75. The molecule has 20 heavy (non-hydrogen) atoms. The van der Waals surface area contributed by atoms with Crippen molar-refractivity contribution in [2.24, 2.45) is 11.8 Å². The van der Waals surface area contributed by atoms with Gasteiger partial charge in [0.15, 0.2) is 0 Å². The van der Waals surface area contributed by atoms with Crippen LogP contribution in [0.25, 0.3) is 0 Å². The Morgan fingerprint density at radius 3 is 2.45 bits per heavy atom. The Morgan fingerprint density at radius 1 is 1.25 bits per heavy atom. The van der Waals surface area contributed by atoms with E-state index in [9.17, 15) is 9.59 Å². The molecule has 1 N–H and O–H groups in total. The van der Waals surface area contributed by atoms with Gasteiger partial charge in [0.1, 0.15) is 12.1 Å². The lowest BCUT2D eigenvalue weighted by Gasteiger charge is -2.43. The second kappa shape index (κ2) is 5.35. The summed E-state index contributed by atoms with van der Waals surface area (Å²) in [6.45, 7) is 2.66. The van der Waals surface area contributed by atoms with E-state index in [4.69, 9.17) is 4.74 Å². The fourth-order valence-electron chi connectivity index (χ4n) is 3.25. The fraction of sp³-hybridized carbons (Fsp3) is 0.867. The molecular weight excluding hydrogens is 256 g/mol. The highest BCUT2D eigenvalue weighted by atomic mass is 16.5. The number of nitrogens with one attached hydrogen (secondary N) is 1. The molecular formula is C15H24N2O3. The molecule has 0 spiro atoms. The molecule has 2 amide bonds. The van der Waals surface area contributed by atoms with E-state index in [2.05, 4.69) is 5.32 Å².